The maximum atomic E-state index is 5.62. The number of nitrogens with two attached hydrogens (primary N) is 1. The first-order chi connectivity index (χ1) is 6.33. The predicted octanol–water partition coefficient (Wildman–Crippen LogP) is 2.11. The number of rotatable bonds is 1. The van der Waals surface area contributed by atoms with Crippen LogP contribution in [0.3, 0.4) is 0 Å². The number of guanidine groups is 1. The Morgan fingerprint density at radius 3 is 2.38 bits per heavy atom. The van der Waals surface area contributed by atoms with Gasteiger partial charge in [0, 0.05) is 6.21 Å². The Bertz CT molecular complexity index is 188. The molecule has 0 unspecified atom stereocenters. The number of nitrogens with zero attached hydrogens (tertiary/aromatic N) is 2. The fourth-order valence-electron chi connectivity index (χ4n) is 1.74. The van der Waals surface area contributed by atoms with E-state index in [2.05, 4.69) is 9.98 Å². The van der Waals surface area contributed by atoms with Crippen LogP contribution in [0, 0.1) is 0 Å². The maximum absolute atomic E-state index is 5.62. The molecule has 0 spiro atoms. The lowest BCUT2D eigenvalue weighted by molar-refractivity contribution is 0.585. The molecule has 0 aromatic rings. The van der Waals surface area contributed by atoms with Crippen LogP contribution in [-0.2, 0) is 0 Å². The maximum Gasteiger partial charge on any atom is 0.215 e. The minimum Gasteiger partial charge on any atom is -0.368 e. The minimum atomic E-state index is 0.422. The van der Waals surface area contributed by atoms with E-state index in [-0.39, 0.29) is 0 Å². The summed E-state index contributed by atoms with van der Waals surface area (Å²) in [5, 5.41) is 0. The van der Waals surface area contributed by atoms with Crippen LogP contribution in [0.4, 0.5) is 0 Å². The van der Waals surface area contributed by atoms with Gasteiger partial charge in [-0.1, -0.05) is 25.7 Å². The average molecular weight is 181 g/mol. The monoisotopic (exact) mass is 181 g/mol. The zero-order valence-corrected chi connectivity index (χ0v) is 8.37. The quantitative estimate of drug-likeness (QED) is 0.376. The summed E-state index contributed by atoms with van der Waals surface area (Å²) < 4.78 is 0. The van der Waals surface area contributed by atoms with Gasteiger partial charge in [-0.15, -0.1) is 0 Å². The van der Waals surface area contributed by atoms with E-state index in [9.17, 15) is 0 Å². The molecule has 2 N–H and O–H groups in total. The van der Waals surface area contributed by atoms with E-state index >= 15 is 0 Å². The summed E-state index contributed by atoms with van der Waals surface area (Å²) >= 11 is 0. The smallest absolute Gasteiger partial charge is 0.215 e. The van der Waals surface area contributed by atoms with Gasteiger partial charge < -0.3 is 5.73 Å². The first-order valence-corrected chi connectivity index (χ1v) is 5.15. The minimum absolute atomic E-state index is 0.422. The molecule has 3 heteroatoms. The van der Waals surface area contributed by atoms with E-state index in [1.54, 1.807) is 6.21 Å². The van der Waals surface area contributed by atoms with Gasteiger partial charge in [0.25, 0.3) is 0 Å². The summed E-state index contributed by atoms with van der Waals surface area (Å²) in [6.45, 7) is 1.86. The Balaban J connectivity index is 2.45. The highest BCUT2D eigenvalue weighted by Crippen LogP contribution is 2.19. The molecule has 1 saturated carbocycles. The van der Waals surface area contributed by atoms with Crippen LogP contribution >= 0.6 is 0 Å². The summed E-state index contributed by atoms with van der Waals surface area (Å²) in [4.78, 5) is 8.33. The molecule has 0 heterocycles. The second kappa shape index (κ2) is 5.73. The van der Waals surface area contributed by atoms with Crippen molar-refractivity contribution in [3.8, 4) is 0 Å². The van der Waals surface area contributed by atoms with Crippen LogP contribution in [0.1, 0.15) is 45.4 Å². The molecule has 1 fully saturated rings. The van der Waals surface area contributed by atoms with Gasteiger partial charge in [-0.2, -0.15) is 0 Å². The van der Waals surface area contributed by atoms with E-state index in [0.717, 1.165) is 0 Å². The second-order valence-electron chi connectivity index (χ2n) is 3.52. The highest BCUT2D eigenvalue weighted by molar-refractivity contribution is 5.85. The van der Waals surface area contributed by atoms with Gasteiger partial charge in [0.1, 0.15) is 0 Å². The average Bonchev–Trinajstić information content (AvgIpc) is 2.33. The summed E-state index contributed by atoms with van der Waals surface area (Å²) in [5.41, 5.74) is 5.62. The molecule has 1 aliphatic carbocycles. The van der Waals surface area contributed by atoms with Crippen LogP contribution in [0.25, 0.3) is 0 Å². The Labute approximate surface area is 80.1 Å². The number of hydrogen-bond acceptors (Lipinski definition) is 1. The predicted molar refractivity (Wildman–Crippen MR) is 57.3 cm³/mol. The normalized spacial score (nSPS) is 22.1. The lowest BCUT2D eigenvalue weighted by atomic mass is 10.1. The molecule has 0 bridgehead atoms. The van der Waals surface area contributed by atoms with Gasteiger partial charge in [-0.3, -0.25) is 0 Å². The van der Waals surface area contributed by atoms with Crippen molar-refractivity contribution in [2.24, 2.45) is 15.7 Å². The van der Waals surface area contributed by atoms with E-state index in [1.165, 1.54) is 38.5 Å². The summed E-state index contributed by atoms with van der Waals surface area (Å²) in [6.07, 6.45) is 9.33. The van der Waals surface area contributed by atoms with Crippen molar-refractivity contribution < 1.29 is 0 Å². The molecular weight excluding hydrogens is 162 g/mol. The van der Waals surface area contributed by atoms with E-state index < -0.39 is 0 Å². The molecule has 0 radical (unpaired) electrons. The van der Waals surface area contributed by atoms with Crippen molar-refractivity contribution in [2.75, 3.05) is 0 Å². The van der Waals surface area contributed by atoms with Crippen molar-refractivity contribution >= 4 is 12.2 Å². The van der Waals surface area contributed by atoms with Crippen molar-refractivity contribution in [1.29, 1.82) is 0 Å². The third-order valence-corrected chi connectivity index (χ3v) is 2.40. The first-order valence-electron chi connectivity index (χ1n) is 5.15. The SMILES string of the molecule is C/C=N\C(N)=N/C1CCCCCC1. The van der Waals surface area contributed by atoms with Crippen molar-refractivity contribution in [3.05, 3.63) is 0 Å². The van der Waals surface area contributed by atoms with E-state index in [4.69, 9.17) is 5.73 Å². The van der Waals surface area contributed by atoms with Gasteiger partial charge >= 0.3 is 0 Å². The van der Waals surface area contributed by atoms with E-state index in [0.29, 0.717) is 12.0 Å². The largest absolute Gasteiger partial charge is 0.368 e. The molecular formula is C10H19N3. The Morgan fingerprint density at radius 2 is 1.85 bits per heavy atom. The number of aliphatic imine (C=N–C) groups is 2. The van der Waals surface area contributed by atoms with Crippen molar-refractivity contribution in [3.63, 3.8) is 0 Å². The first kappa shape index (κ1) is 10.2. The van der Waals surface area contributed by atoms with Gasteiger partial charge in [0.15, 0.2) is 0 Å². The molecule has 0 saturated heterocycles. The van der Waals surface area contributed by atoms with Gasteiger partial charge in [0.2, 0.25) is 5.96 Å². The summed E-state index contributed by atoms with van der Waals surface area (Å²) in [5.74, 6) is 0.439. The van der Waals surface area contributed by atoms with Crippen LogP contribution in [0.5, 0.6) is 0 Å². The molecule has 1 rings (SSSR count). The molecule has 74 valence electrons. The van der Waals surface area contributed by atoms with Crippen molar-refractivity contribution in [2.45, 2.75) is 51.5 Å². The fraction of sp³-hybridized carbons (Fsp3) is 0.800. The highest BCUT2D eigenvalue weighted by Gasteiger charge is 2.10. The summed E-state index contributed by atoms with van der Waals surface area (Å²) in [7, 11) is 0. The molecule has 3 nitrogen and oxygen atoms in total. The summed E-state index contributed by atoms with van der Waals surface area (Å²) in [6, 6.07) is 0.422. The van der Waals surface area contributed by atoms with E-state index in [1.807, 2.05) is 6.92 Å². The third kappa shape index (κ3) is 4.06. The lowest BCUT2D eigenvalue weighted by Gasteiger charge is -2.07. The molecule has 0 atom stereocenters. The second-order valence-corrected chi connectivity index (χ2v) is 3.52. The van der Waals surface area contributed by atoms with Gasteiger partial charge in [-0.05, 0) is 19.8 Å². The van der Waals surface area contributed by atoms with Crippen LogP contribution < -0.4 is 5.73 Å². The topological polar surface area (TPSA) is 50.7 Å². The van der Waals surface area contributed by atoms with Gasteiger partial charge in [0.05, 0.1) is 6.04 Å². The lowest BCUT2D eigenvalue weighted by Crippen LogP contribution is -2.14. The van der Waals surface area contributed by atoms with Gasteiger partial charge in [-0.25, -0.2) is 9.98 Å². The zero-order valence-electron chi connectivity index (χ0n) is 8.37. The van der Waals surface area contributed by atoms with Crippen LogP contribution in [-0.4, -0.2) is 18.2 Å². The molecule has 0 aromatic heterocycles. The molecule has 13 heavy (non-hydrogen) atoms. The molecule has 0 amide bonds. The Kier molecular flexibility index (Phi) is 4.50. The Morgan fingerprint density at radius 1 is 1.23 bits per heavy atom. The highest BCUT2D eigenvalue weighted by atomic mass is 15.0. The van der Waals surface area contributed by atoms with Crippen molar-refractivity contribution in [1.82, 2.24) is 0 Å². The third-order valence-electron chi connectivity index (χ3n) is 2.40. The number of hydrogen-bond donors (Lipinski definition) is 1. The van der Waals surface area contributed by atoms with Crippen LogP contribution in [0.15, 0.2) is 9.98 Å². The molecule has 1 aliphatic rings. The standard InChI is InChI=1S/C10H19N3/c1-2-12-10(11)13-9-7-5-3-4-6-8-9/h2,9H,3-8H2,1H3,(H2,11,13)/b12-2-. The Hall–Kier alpha value is -0.860. The fourth-order valence-corrected chi connectivity index (χ4v) is 1.74. The molecule has 0 aromatic carbocycles. The molecule has 0 aliphatic heterocycles. The van der Waals surface area contributed by atoms with Crippen LogP contribution in [0.2, 0.25) is 0 Å². The zero-order chi connectivity index (χ0) is 9.52.